The molecule has 4 aromatic carbocycles. The summed E-state index contributed by atoms with van der Waals surface area (Å²) in [6.45, 7) is 0.939. The zero-order chi connectivity index (χ0) is 29.2. The van der Waals surface area contributed by atoms with Crippen LogP contribution >= 0.6 is 0 Å². The number of methoxy groups -OCH3 is 2. The molecular formula is C34H30O8. The molecule has 1 fully saturated rings. The van der Waals surface area contributed by atoms with Crippen LogP contribution in [0.15, 0.2) is 91.0 Å². The summed E-state index contributed by atoms with van der Waals surface area (Å²) in [6, 6.07) is 27.2. The number of rotatable bonds is 8. The van der Waals surface area contributed by atoms with Gasteiger partial charge in [-0.15, -0.1) is 0 Å². The summed E-state index contributed by atoms with van der Waals surface area (Å²) in [5, 5.41) is 10.4. The van der Waals surface area contributed by atoms with Crippen molar-refractivity contribution in [3.05, 3.63) is 102 Å². The van der Waals surface area contributed by atoms with Crippen molar-refractivity contribution in [3.63, 3.8) is 0 Å². The van der Waals surface area contributed by atoms with Crippen molar-refractivity contribution >= 4 is 11.9 Å². The lowest BCUT2D eigenvalue weighted by Gasteiger charge is -2.49. The number of carboxylic acid groups (broad SMARTS) is 1. The van der Waals surface area contributed by atoms with Crippen molar-refractivity contribution in [1.29, 1.82) is 0 Å². The first-order valence-corrected chi connectivity index (χ1v) is 13.7. The van der Waals surface area contributed by atoms with Gasteiger partial charge in [-0.05, 0) is 47.0 Å². The molecule has 0 spiro atoms. The Morgan fingerprint density at radius 1 is 0.690 bits per heavy atom. The van der Waals surface area contributed by atoms with Crippen LogP contribution < -0.4 is 23.7 Å². The number of fused-ring (bicyclic) bond motifs is 1. The smallest absolute Gasteiger partial charge is 0.315 e. The summed E-state index contributed by atoms with van der Waals surface area (Å²) in [6.07, 6.45) is 0. The Labute approximate surface area is 243 Å². The van der Waals surface area contributed by atoms with E-state index in [2.05, 4.69) is 0 Å². The second-order valence-corrected chi connectivity index (χ2v) is 10.2. The van der Waals surface area contributed by atoms with Crippen molar-refractivity contribution in [2.45, 2.75) is 11.8 Å². The van der Waals surface area contributed by atoms with Crippen LogP contribution in [-0.2, 0) is 9.59 Å². The number of ether oxygens (including phenoxy) is 5. The molecule has 0 bridgehead atoms. The molecule has 0 aromatic heterocycles. The number of hydrogen-bond donors (Lipinski definition) is 1. The molecule has 1 aliphatic carbocycles. The first kappa shape index (κ1) is 27.2. The predicted molar refractivity (Wildman–Crippen MR) is 155 cm³/mol. The molecule has 0 amide bonds. The molecule has 42 heavy (non-hydrogen) atoms. The van der Waals surface area contributed by atoms with Crippen LogP contribution in [0.3, 0.4) is 0 Å². The van der Waals surface area contributed by atoms with E-state index in [1.54, 1.807) is 36.4 Å². The minimum absolute atomic E-state index is 0.357. The van der Waals surface area contributed by atoms with E-state index >= 15 is 0 Å². The summed E-state index contributed by atoms with van der Waals surface area (Å²) >= 11 is 0. The molecule has 214 valence electrons. The lowest BCUT2D eigenvalue weighted by molar-refractivity contribution is -0.158. The summed E-state index contributed by atoms with van der Waals surface area (Å²) in [5.41, 5.74) is 2.77. The molecule has 0 saturated heterocycles. The lowest BCUT2D eigenvalue weighted by atomic mass is 9.52. The molecule has 1 N–H and O–H groups in total. The fourth-order valence-corrected chi connectivity index (χ4v) is 6.19. The lowest BCUT2D eigenvalue weighted by Crippen LogP contribution is -2.52. The number of benzene rings is 4. The van der Waals surface area contributed by atoms with E-state index in [0.717, 1.165) is 5.56 Å². The quantitative estimate of drug-likeness (QED) is 0.206. The van der Waals surface area contributed by atoms with E-state index in [0.29, 0.717) is 58.7 Å². The number of carboxylic acids is 1. The van der Waals surface area contributed by atoms with E-state index < -0.39 is 35.6 Å². The van der Waals surface area contributed by atoms with E-state index in [9.17, 15) is 14.7 Å². The molecule has 1 aliphatic heterocycles. The third kappa shape index (κ3) is 4.79. The molecule has 4 atom stereocenters. The second kappa shape index (κ2) is 11.5. The molecule has 4 aromatic rings. The standard InChI is InChI=1S/C34H30O8/c1-38-24-12-6-4-10-22(24)29-31(33(35)36)30(23-11-5-7-13-25(23)39-2)32(29)34(37)42-26-14-8-3-9-21(26)20-15-16-27-28(19-20)41-18-17-40-27/h3-16,19,29-32H,17-18H2,1-2H3,(H,35,36)/t29-,30?,31?,32-/m1/s1. The van der Waals surface area contributed by atoms with Crippen LogP contribution in [0.5, 0.6) is 28.7 Å². The maximum absolute atomic E-state index is 14.2. The Morgan fingerprint density at radius 3 is 1.83 bits per heavy atom. The second-order valence-electron chi connectivity index (χ2n) is 10.2. The number of para-hydroxylation sites is 3. The van der Waals surface area contributed by atoms with Gasteiger partial charge in [0.2, 0.25) is 0 Å². The van der Waals surface area contributed by atoms with Gasteiger partial charge in [0, 0.05) is 17.4 Å². The van der Waals surface area contributed by atoms with Crippen molar-refractivity contribution < 1.29 is 38.4 Å². The Kier molecular flexibility index (Phi) is 7.44. The Balaban J connectivity index is 1.41. The molecule has 1 saturated carbocycles. The van der Waals surface area contributed by atoms with Gasteiger partial charge < -0.3 is 28.8 Å². The molecule has 8 nitrogen and oxygen atoms in total. The molecule has 1 heterocycles. The van der Waals surface area contributed by atoms with Crippen molar-refractivity contribution in [1.82, 2.24) is 0 Å². The van der Waals surface area contributed by atoms with Gasteiger partial charge in [0.15, 0.2) is 11.5 Å². The van der Waals surface area contributed by atoms with Crippen molar-refractivity contribution in [2.75, 3.05) is 27.4 Å². The van der Waals surface area contributed by atoms with E-state index in [1.807, 2.05) is 54.6 Å². The molecule has 2 unspecified atom stereocenters. The van der Waals surface area contributed by atoms with Crippen LogP contribution in [-0.4, -0.2) is 44.5 Å². The summed E-state index contributed by atoms with van der Waals surface area (Å²) < 4.78 is 28.7. The van der Waals surface area contributed by atoms with Gasteiger partial charge in [-0.2, -0.15) is 0 Å². The highest BCUT2D eigenvalue weighted by molar-refractivity contribution is 5.87. The number of carbonyl (C=O) groups excluding carboxylic acids is 1. The SMILES string of the molecule is COc1ccccc1C1C(C(=O)O)[C@@H](c2ccccc2OC)[C@H]1C(=O)Oc1ccccc1-c1ccc2c(c1)OCCO2. The van der Waals surface area contributed by atoms with Gasteiger partial charge in [-0.1, -0.05) is 60.7 Å². The minimum atomic E-state index is -1.01. The topological polar surface area (TPSA) is 101 Å². The maximum atomic E-state index is 14.2. The monoisotopic (exact) mass is 566 g/mol. The van der Waals surface area contributed by atoms with Crippen LogP contribution in [0.25, 0.3) is 11.1 Å². The third-order valence-electron chi connectivity index (χ3n) is 8.05. The van der Waals surface area contributed by atoms with E-state index in [4.69, 9.17) is 23.7 Å². The first-order chi connectivity index (χ1) is 20.5. The average molecular weight is 567 g/mol. The highest BCUT2D eigenvalue weighted by atomic mass is 16.6. The van der Waals surface area contributed by atoms with Gasteiger partial charge in [0.1, 0.15) is 30.5 Å². The highest BCUT2D eigenvalue weighted by Gasteiger charge is 2.60. The Bertz CT molecular complexity index is 1570. The molecule has 8 heteroatoms. The molecule has 0 radical (unpaired) electrons. The molecule has 6 rings (SSSR count). The largest absolute Gasteiger partial charge is 0.496 e. The highest BCUT2D eigenvalue weighted by Crippen LogP contribution is 2.60. The van der Waals surface area contributed by atoms with E-state index in [1.165, 1.54) is 14.2 Å². The normalized spacial score (nSPS) is 20.6. The van der Waals surface area contributed by atoms with Gasteiger partial charge in [-0.3, -0.25) is 9.59 Å². The van der Waals surface area contributed by atoms with Crippen molar-refractivity contribution in [2.24, 2.45) is 11.8 Å². The summed E-state index contributed by atoms with van der Waals surface area (Å²) in [7, 11) is 3.06. The summed E-state index contributed by atoms with van der Waals surface area (Å²) in [4.78, 5) is 27.0. The number of carbonyl (C=O) groups is 2. The average Bonchev–Trinajstić information content (AvgIpc) is 3.01. The Hall–Kier alpha value is -4.98. The number of esters is 1. The zero-order valence-electron chi connectivity index (χ0n) is 23.2. The molecular weight excluding hydrogens is 536 g/mol. The number of aliphatic carboxylic acids is 1. The maximum Gasteiger partial charge on any atom is 0.315 e. The van der Waals surface area contributed by atoms with Crippen molar-refractivity contribution in [3.8, 4) is 39.9 Å². The van der Waals surface area contributed by atoms with Crippen LogP contribution in [0.4, 0.5) is 0 Å². The van der Waals surface area contributed by atoms with Gasteiger partial charge in [-0.25, -0.2) is 0 Å². The molecule has 2 aliphatic rings. The first-order valence-electron chi connectivity index (χ1n) is 13.7. The zero-order valence-corrected chi connectivity index (χ0v) is 23.2. The van der Waals surface area contributed by atoms with Crippen LogP contribution in [0.2, 0.25) is 0 Å². The fraction of sp³-hybridized carbons (Fsp3) is 0.235. The minimum Gasteiger partial charge on any atom is -0.496 e. The van der Waals surface area contributed by atoms with Gasteiger partial charge in [0.05, 0.1) is 26.1 Å². The summed E-state index contributed by atoms with van der Waals surface area (Å²) in [5.74, 6) is -2.00. The van der Waals surface area contributed by atoms with Crippen LogP contribution in [0, 0.1) is 11.8 Å². The Morgan fingerprint density at radius 2 is 1.24 bits per heavy atom. The third-order valence-corrected chi connectivity index (χ3v) is 8.05. The van der Waals surface area contributed by atoms with E-state index in [-0.39, 0.29) is 0 Å². The number of hydrogen-bond acceptors (Lipinski definition) is 7. The van der Waals surface area contributed by atoms with Gasteiger partial charge in [0.25, 0.3) is 0 Å². The fourth-order valence-electron chi connectivity index (χ4n) is 6.19. The van der Waals surface area contributed by atoms with Gasteiger partial charge >= 0.3 is 11.9 Å². The van der Waals surface area contributed by atoms with Crippen LogP contribution in [0.1, 0.15) is 23.0 Å². The predicted octanol–water partition coefficient (Wildman–Crippen LogP) is 5.95.